The Bertz CT molecular complexity index is 367. The van der Waals surface area contributed by atoms with Crippen LogP contribution in [0.1, 0.15) is 31.5 Å². The molecule has 1 aromatic rings. The number of nitrogens with zero attached hydrogens (tertiary/aromatic N) is 4. The molecule has 1 aromatic heterocycles. The van der Waals surface area contributed by atoms with Crippen molar-refractivity contribution in [2.75, 3.05) is 13.6 Å². The summed E-state index contributed by atoms with van der Waals surface area (Å²) in [4.78, 5) is 2.59. The van der Waals surface area contributed by atoms with E-state index in [0.717, 1.165) is 37.5 Å². The molecule has 5 nitrogen and oxygen atoms in total. The molecule has 0 saturated heterocycles. The maximum Gasteiger partial charge on any atom is 0.147 e. The van der Waals surface area contributed by atoms with Gasteiger partial charge in [0.2, 0.25) is 0 Å². The van der Waals surface area contributed by atoms with Crippen LogP contribution in [0.15, 0.2) is 6.33 Å². The van der Waals surface area contributed by atoms with E-state index in [0.29, 0.717) is 0 Å². The van der Waals surface area contributed by atoms with Crippen LogP contribution in [0.3, 0.4) is 0 Å². The highest BCUT2D eigenvalue weighted by molar-refractivity contribution is 4.93. The van der Waals surface area contributed by atoms with Gasteiger partial charge in [-0.15, -0.1) is 10.2 Å². The fourth-order valence-electron chi connectivity index (χ4n) is 3.13. The van der Waals surface area contributed by atoms with Gasteiger partial charge in [0.15, 0.2) is 0 Å². The molecular weight excluding hydrogens is 214 g/mol. The van der Waals surface area contributed by atoms with Crippen molar-refractivity contribution in [1.29, 1.82) is 0 Å². The Hall–Kier alpha value is -0.940. The molecular formula is C12H21N5. The van der Waals surface area contributed by atoms with E-state index in [1.807, 2.05) is 6.33 Å². The Balaban J connectivity index is 1.60. The van der Waals surface area contributed by atoms with Crippen LogP contribution in [0.25, 0.3) is 0 Å². The highest BCUT2D eigenvalue weighted by atomic mass is 15.3. The summed E-state index contributed by atoms with van der Waals surface area (Å²) in [5.74, 6) is 1.13. The van der Waals surface area contributed by atoms with Gasteiger partial charge in [0.05, 0.1) is 6.54 Å². The van der Waals surface area contributed by atoms with Gasteiger partial charge in [-0.25, -0.2) is 0 Å². The van der Waals surface area contributed by atoms with E-state index in [1.165, 1.54) is 25.7 Å². The second kappa shape index (κ2) is 4.74. The predicted molar refractivity (Wildman–Crippen MR) is 65.5 cm³/mol. The topological polar surface area (TPSA) is 46.0 Å². The molecule has 2 aliphatic rings. The van der Waals surface area contributed by atoms with E-state index in [4.69, 9.17) is 0 Å². The Morgan fingerprint density at radius 2 is 2.06 bits per heavy atom. The highest BCUT2D eigenvalue weighted by Crippen LogP contribution is 2.25. The monoisotopic (exact) mass is 235 g/mol. The number of nitrogens with one attached hydrogen (secondary N) is 1. The van der Waals surface area contributed by atoms with E-state index in [9.17, 15) is 0 Å². The zero-order chi connectivity index (χ0) is 11.7. The van der Waals surface area contributed by atoms with Crippen LogP contribution >= 0.6 is 0 Å². The van der Waals surface area contributed by atoms with Crippen molar-refractivity contribution < 1.29 is 0 Å². The molecule has 5 heteroatoms. The Morgan fingerprint density at radius 1 is 1.24 bits per heavy atom. The minimum Gasteiger partial charge on any atom is -0.317 e. The fourth-order valence-corrected chi connectivity index (χ4v) is 3.13. The molecule has 94 valence electrons. The Morgan fingerprint density at radius 3 is 2.82 bits per heavy atom. The van der Waals surface area contributed by atoms with Crippen LogP contribution < -0.4 is 5.32 Å². The molecule has 0 radical (unpaired) electrons. The van der Waals surface area contributed by atoms with Crippen molar-refractivity contribution in [1.82, 2.24) is 25.0 Å². The van der Waals surface area contributed by atoms with Gasteiger partial charge in [0, 0.05) is 25.2 Å². The summed E-state index contributed by atoms with van der Waals surface area (Å²) in [5, 5.41) is 11.6. The van der Waals surface area contributed by atoms with Gasteiger partial charge in [0.1, 0.15) is 12.2 Å². The lowest BCUT2D eigenvalue weighted by Crippen LogP contribution is -2.45. The molecule has 1 fully saturated rings. The summed E-state index contributed by atoms with van der Waals surface area (Å²) in [6, 6.07) is 1.49. The fraction of sp³-hybridized carbons (Fsp3) is 0.833. The first-order valence-corrected chi connectivity index (χ1v) is 6.65. The third kappa shape index (κ3) is 2.21. The van der Waals surface area contributed by atoms with Gasteiger partial charge in [-0.2, -0.15) is 0 Å². The summed E-state index contributed by atoms with van der Waals surface area (Å²) < 4.78 is 2.18. The first kappa shape index (κ1) is 11.2. The minimum absolute atomic E-state index is 0.736. The van der Waals surface area contributed by atoms with Gasteiger partial charge in [-0.3, -0.25) is 4.90 Å². The molecule has 0 atom stereocenters. The molecule has 1 N–H and O–H groups in total. The third-order valence-corrected chi connectivity index (χ3v) is 4.29. The van der Waals surface area contributed by atoms with E-state index < -0.39 is 0 Å². The molecule has 0 aromatic carbocycles. The van der Waals surface area contributed by atoms with E-state index in [-0.39, 0.29) is 0 Å². The van der Waals surface area contributed by atoms with Gasteiger partial charge in [0.25, 0.3) is 0 Å². The SMILES string of the molecule is CNC1CCC(N2CCn3cnnc3C2)CC1. The van der Waals surface area contributed by atoms with Gasteiger partial charge >= 0.3 is 0 Å². The summed E-state index contributed by atoms with van der Waals surface area (Å²) in [7, 11) is 2.08. The summed E-state index contributed by atoms with van der Waals surface area (Å²) in [5.41, 5.74) is 0. The largest absolute Gasteiger partial charge is 0.317 e. The van der Waals surface area contributed by atoms with E-state index in [2.05, 4.69) is 32.0 Å². The quantitative estimate of drug-likeness (QED) is 0.816. The molecule has 0 bridgehead atoms. The Kier molecular flexibility index (Phi) is 3.11. The van der Waals surface area contributed by atoms with Crippen LogP contribution in [0.4, 0.5) is 0 Å². The van der Waals surface area contributed by atoms with Crippen LogP contribution in [-0.4, -0.2) is 45.3 Å². The van der Waals surface area contributed by atoms with Crippen LogP contribution in [0, 0.1) is 0 Å². The maximum absolute atomic E-state index is 4.19. The lowest BCUT2D eigenvalue weighted by atomic mass is 9.90. The predicted octanol–water partition coefficient (Wildman–Crippen LogP) is 0.624. The van der Waals surface area contributed by atoms with Crippen LogP contribution in [0.5, 0.6) is 0 Å². The smallest absolute Gasteiger partial charge is 0.147 e. The van der Waals surface area contributed by atoms with Gasteiger partial charge in [-0.1, -0.05) is 0 Å². The van der Waals surface area contributed by atoms with Gasteiger partial charge < -0.3 is 9.88 Å². The molecule has 17 heavy (non-hydrogen) atoms. The average Bonchev–Trinajstić information content (AvgIpc) is 2.86. The molecule has 1 saturated carbocycles. The lowest BCUT2D eigenvalue weighted by Gasteiger charge is -2.38. The van der Waals surface area contributed by atoms with Crippen molar-refractivity contribution in [2.24, 2.45) is 0 Å². The molecule has 2 heterocycles. The molecule has 1 aliphatic heterocycles. The summed E-state index contributed by atoms with van der Waals surface area (Å²) in [6.45, 7) is 3.18. The first-order valence-electron chi connectivity index (χ1n) is 6.65. The summed E-state index contributed by atoms with van der Waals surface area (Å²) >= 11 is 0. The average molecular weight is 235 g/mol. The van der Waals surface area contributed by atoms with Gasteiger partial charge in [-0.05, 0) is 32.7 Å². The van der Waals surface area contributed by atoms with Crippen molar-refractivity contribution in [3.63, 3.8) is 0 Å². The number of rotatable bonds is 2. The Labute approximate surface area is 102 Å². The van der Waals surface area contributed by atoms with Crippen LogP contribution in [-0.2, 0) is 13.1 Å². The molecule has 0 amide bonds. The number of hydrogen-bond donors (Lipinski definition) is 1. The van der Waals surface area contributed by atoms with Crippen molar-refractivity contribution in [3.8, 4) is 0 Å². The lowest BCUT2D eigenvalue weighted by molar-refractivity contribution is 0.113. The van der Waals surface area contributed by atoms with Crippen molar-refractivity contribution in [2.45, 2.75) is 50.9 Å². The first-order chi connectivity index (χ1) is 8.36. The van der Waals surface area contributed by atoms with Crippen molar-refractivity contribution >= 4 is 0 Å². The number of aromatic nitrogens is 3. The number of fused-ring (bicyclic) bond motifs is 1. The minimum atomic E-state index is 0.736. The molecule has 0 unspecified atom stereocenters. The second-order valence-electron chi connectivity index (χ2n) is 5.21. The normalized spacial score (nSPS) is 30.2. The highest BCUT2D eigenvalue weighted by Gasteiger charge is 2.28. The summed E-state index contributed by atoms with van der Waals surface area (Å²) in [6.07, 6.45) is 7.11. The van der Waals surface area contributed by atoms with Crippen molar-refractivity contribution in [3.05, 3.63) is 12.2 Å². The zero-order valence-corrected chi connectivity index (χ0v) is 10.5. The second-order valence-corrected chi connectivity index (χ2v) is 5.21. The molecule has 1 aliphatic carbocycles. The standard InChI is InChI=1S/C12H21N5/c1-13-10-2-4-11(5-3-10)16-6-7-17-9-14-15-12(17)8-16/h9-11,13H,2-8H2,1H3. The molecule has 3 rings (SSSR count). The van der Waals surface area contributed by atoms with E-state index in [1.54, 1.807) is 0 Å². The molecule has 0 spiro atoms. The third-order valence-electron chi connectivity index (χ3n) is 4.29. The zero-order valence-electron chi connectivity index (χ0n) is 10.5. The van der Waals surface area contributed by atoms with E-state index >= 15 is 0 Å². The maximum atomic E-state index is 4.19. The van der Waals surface area contributed by atoms with Crippen LogP contribution in [0.2, 0.25) is 0 Å². The number of hydrogen-bond acceptors (Lipinski definition) is 4.